The van der Waals surface area contributed by atoms with E-state index in [4.69, 9.17) is 0 Å². The maximum absolute atomic E-state index is 12.8. The fraction of sp³-hybridized carbons (Fsp3) is 0.625. The molecule has 0 saturated heterocycles. The summed E-state index contributed by atoms with van der Waals surface area (Å²) in [5.41, 5.74) is 1.21. The third-order valence-electron chi connectivity index (χ3n) is 4.14. The molecule has 2 rings (SSSR count). The quantitative estimate of drug-likeness (QED) is 0.834. The number of benzene rings is 1. The van der Waals surface area contributed by atoms with E-state index < -0.39 is 0 Å². The average Bonchev–Trinajstić information content (AvgIpc) is 2.79. The first-order valence-electron chi connectivity index (χ1n) is 7.19. The van der Waals surface area contributed by atoms with E-state index in [0.717, 1.165) is 12.3 Å². The van der Waals surface area contributed by atoms with Crippen LogP contribution in [0.2, 0.25) is 0 Å². The Hall–Kier alpha value is -0.890. The Kier molecular flexibility index (Phi) is 4.76. The second-order valence-corrected chi connectivity index (χ2v) is 5.60. The summed E-state index contributed by atoms with van der Waals surface area (Å²) in [6.45, 7) is 4.52. The molecular weight excluding hydrogens is 225 g/mol. The lowest BCUT2D eigenvalue weighted by atomic mass is 9.98. The van der Waals surface area contributed by atoms with Gasteiger partial charge < -0.3 is 5.32 Å². The zero-order valence-corrected chi connectivity index (χ0v) is 11.5. The molecule has 0 aromatic heterocycles. The highest BCUT2D eigenvalue weighted by molar-refractivity contribution is 5.17. The zero-order valence-electron chi connectivity index (χ0n) is 11.5. The summed E-state index contributed by atoms with van der Waals surface area (Å²) in [4.78, 5) is 0. The largest absolute Gasteiger partial charge is 0.311 e. The van der Waals surface area contributed by atoms with Crippen LogP contribution in [-0.4, -0.2) is 12.1 Å². The van der Waals surface area contributed by atoms with Crippen LogP contribution >= 0.6 is 0 Å². The van der Waals surface area contributed by atoms with Gasteiger partial charge in [-0.15, -0.1) is 0 Å². The first kappa shape index (κ1) is 13.5. The molecule has 0 amide bonds. The number of rotatable bonds is 5. The second kappa shape index (κ2) is 6.33. The number of nitrogens with one attached hydrogen (secondary N) is 1. The fourth-order valence-corrected chi connectivity index (χ4v) is 3.14. The summed E-state index contributed by atoms with van der Waals surface area (Å²) in [6, 6.07) is 8.02. The average molecular weight is 249 g/mol. The molecule has 1 saturated carbocycles. The van der Waals surface area contributed by atoms with Gasteiger partial charge in [-0.05, 0) is 49.8 Å². The first-order chi connectivity index (χ1) is 8.69. The van der Waals surface area contributed by atoms with Crippen LogP contribution in [0.4, 0.5) is 4.39 Å². The van der Waals surface area contributed by atoms with Gasteiger partial charge in [-0.25, -0.2) is 4.39 Å². The van der Waals surface area contributed by atoms with E-state index in [1.165, 1.54) is 31.2 Å². The van der Waals surface area contributed by atoms with Gasteiger partial charge in [0.1, 0.15) is 5.82 Å². The normalized spacial score (nSPS) is 25.3. The van der Waals surface area contributed by atoms with Crippen LogP contribution in [0, 0.1) is 11.7 Å². The molecule has 2 heteroatoms. The van der Waals surface area contributed by atoms with Crippen molar-refractivity contribution in [1.29, 1.82) is 0 Å². The van der Waals surface area contributed by atoms with Crippen LogP contribution in [0.5, 0.6) is 0 Å². The molecule has 3 unspecified atom stereocenters. The Bertz CT molecular complexity index is 360. The van der Waals surface area contributed by atoms with Crippen molar-refractivity contribution in [3.63, 3.8) is 0 Å². The maximum atomic E-state index is 12.8. The summed E-state index contributed by atoms with van der Waals surface area (Å²) in [6.07, 6.45) is 6.30. The van der Waals surface area contributed by atoms with Crippen LogP contribution < -0.4 is 5.32 Å². The van der Waals surface area contributed by atoms with E-state index in [1.54, 1.807) is 12.1 Å². The van der Waals surface area contributed by atoms with E-state index in [2.05, 4.69) is 19.2 Å². The van der Waals surface area contributed by atoms with Crippen LogP contribution in [0.1, 0.15) is 45.1 Å². The predicted molar refractivity (Wildman–Crippen MR) is 74.1 cm³/mol. The van der Waals surface area contributed by atoms with Crippen molar-refractivity contribution < 1.29 is 4.39 Å². The van der Waals surface area contributed by atoms with Gasteiger partial charge in [0.2, 0.25) is 0 Å². The highest BCUT2D eigenvalue weighted by atomic mass is 19.1. The van der Waals surface area contributed by atoms with E-state index >= 15 is 0 Å². The lowest BCUT2D eigenvalue weighted by molar-refractivity contribution is 0.355. The molecule has 1 aromatic rings. The van der Waals surface area contributed by atoms with Crippen molar-refractivity contribution in [1.82, 2.24) is 5.32 Å². The summed E-state index contributed by atoms with van der Waals surface area (Å²) >= 11 is 0. The molecule has 1 aliphatic carbocycles. The fourth-order valence-electron chi connectivity index (χ4n) is 3.14. The molecule has 100 valence electrons. The minimum absolute atomic E-state index is 0.152. The van der Waals surface area contributed by atoms with E-state index in [0.29, 0.717) is 12.1 Å². The summed E-state index contributed by atoms with van der Waals surface area (Å²) in [5, 5.41) is 3.75. The van der Waals surface area contributed by atoms with Crippen LogP contribution in [0.3, 0.4) is 0 Å². The lowest BCUT2D eigenvalue weighted by Gasteiger charge is -2.24. The number of halogens is 1. The van der Waals surface area contributed by atoms with Crippen LogP contribution in [0.15, 0.2) is 24.3 Å². The Morgan fingerprint density at radius 3 is 2.67 bits per heavy atom. The monoisotopic (exact) mass is 249 g/mol. The van der Waals surface area contributed by atoms with Gasteiger partial charge >= 0.3 is 0 Å². The van der Waals surface area contributed by atoms with E-state index in [1.807, 2.05) is 12.1 Å². The summed E-state index contributed by atoms with van der Waals surface area (Å²) in [7, 11) is 0. The summed E-state index contributed by atoms with van der Waals surface area (Å²) in [5.74, 6) is 0.696. The predicted octanol–water partition coefficient (Wildman–Crippen LogP) is 3.93. The molecule has 0 spiro atoms. The molecule has 0 radical (unpaired) electrons. The Labute approximate surface area is 110 Å². The molecule has 1 fully saturated rings. The van der Waals surface area contributed by atoms with Gasteiger partial charge in [-0.3, -0.25) is 0 Å². The third kappa shape index (κ3) is 3.55. The minimum atomic E-state index is -0.152. The lowest BCUT2D eigenvalue weighted by Crippen LogP contribution is -2.39. The molecule has 0 heterocycles. The van der Waals surface area contributed by atoms with Crippen LogP contribution in [0.25, 0.3) is 0 Å². The minimum Gasteiger partial charge on any atom is -0.311 e. The van der Waals surface area contributed by atoms with Crippen LogP contribution in [-0.2, 0) is 6.42 Å². The highest BCUT2D eigenvalue weighted by Crippen LogP contribution is 2.28. The van der Waals surface area contributed by atoms with Gasteiger partial charge in [0.25, 0.3) is 0 Å². The van der Waals surface area contributed by atoms with Gasteiger partial charge in [0, 0.05) is 12.1 Å². The third-order valence-corrected chi connectivity index (χ3v) is 4.14. The highest BCUT2D eigenvalue weighted by Gasteiger charge is 2.26. The Balaban J connectivity index is 1.84. The molecule has 3 atom stereocenters. The van der Waals surface area contributed by atoms with E-state index in [9.17, 15) is 4.39 Å². The smallest absolute Gasteiger partial charge is 0.123 e. The Morgan fingerprint density at radius 2 is 2.00 bits per heavy atom. The van der Waals surface area contributed by atoms with Crippen molar-refractivity contribution in [2.24, 2.45) is 5.92 Å². The topological polar surface area (TPSA) is 12.0 Å². The zero-order chi connectivity index (χ0) is 13.0. The molecule has 1 nitrogen and oxygen atoms in total. The van der Waals surface area contributed by atoms with Crippen molar-refractivity contribution >= 4 is 0 Å². The standard InChI is InChI=1S/C16H24FN/c1-3-14-5-4-6-16(14)18-12(2)11-13-7-9-15(17)10-8-13/h7-10,12,14,16,18H,3-6,11H2,1-2H3. The van der Waals surface area contributed by atoms with Gasteiger partial charge in [-0.2, -0.15) is 0 Å². The Morgan fingerprint density at radius 1 is 1.28 bits per heavy atom. The number of hydrogen-bond donors (Lipinski definition) is 1. The SMILES string of the molecule is CCC1CCCC1NC(C)Cc1ccc(F)cc1. The number of hydrogen-bond acceptors (Lipinski definition) is 1. The summed E-state index contributed by atoms with van der Waals surface area (Å²) < 4.78 is 12.8. The molecule has 1 aromatic carbocycles. The van der Waals surface area contributed by atoms with Gasteiger partial charge in [-0.1, -0.05) is 31.9 Å². The van der Waals surface area contributed by atoms with Gasteiger partial charge in [0.05, 0.1) is 0 Å². The van der Waals surface area contributed by atoms with Gasteiger partial charge in [0.15, 0.2) is 0 Å². The molecule has 0 bridgehead atoms. The first-order valence-corrected chi connectivity index (χ1v) is 7.19. The molecule has 1 aliphatic rings. The molecule has 1 N–H and O–H groups in total. The van der Waals surface area contributed by atoms with E-state index in [-0.39, 0.29) is 5.82 Å². The van der Waals surface area contributed by atoms with Crippen molar-refractivity contribution in [2.75, 3.05) is 0 Å². The van der Waals surface area contributed by atoms with Crippen molar-refractivity contribution in [3.05, 3.63) is 35.6 Å². The second-order valence-electron chi connectivity index (χ2n) is 5.60. The molecule has 0 aliphatic heterocycles. The molecule has 18 heavy (non-hydrogen) atoms. The van der Waals surface area contributed by atoms with Crippen molar-refractivity contribution in [3.8, 4) is 0 Å². The molecular formula is C16H24FN. The van der Waals surface area contributed by atoms with Crippen molar-refractivity contribution in [2.45, 2.75) is 58.0 Å². The maximum Gasteiger partial charge on any atom is 0.123 e.